The third-order valence-electron chi connectivity index (χ3n) is 1.66. The minimum atomic E-state index is 0. The van der Waals surface area contributed by atoms with Crippen LogP contribution in [-0.4, -0.2) is 30.4 Å². The van der Waals surface area contributed by atoms with Crippen molar-refractivity contribution in [2.45, 2.75) is 6.54 Å². The van der Waals surface area contributed by atoms with Gasteiger partial charge in [0.1, 0.15) is 19.5 Å². The lowest BCUT2D eigenvalue weighted by Gasteiger charge is -2.11. The quantitative estimate of drug-likeness (QED) is 0.823. The first kappa shape index (κ1) is 11.8. The summed E-state index contributed by atoms with van der Waals surface area (Å²) >= 11 is 0. The lowest BCUT2D eigenvalue weighted by molar-refractivity contribution is 0.120. The smallest absolute Gasteiger partial charge is 0.296 e. The molecule has 0 bridgehead atoms. The SMILES string of the molecule is CNCc1noc(C2=COCCO2)n1.Cl. The summed E-state index contributed by atoms with van der Waals surface area (Å²) in [6, 6.07) is 0. The molecule has 1 aromatic heterocycles. The van der Waals surface area contributed by atoms with Crippen LogP contribution in [0.25, 0.3) is 5.76 Å². The van der Waals surface area contributed by atoms with Crippen molar-refractivity contribution in [2.24, 2.45) is 0 Å². The summed E-state index contributed by atoms with van der Waals surface area (Å²) in [6.45, 7) is 1.63. The fourth-order valence-electron chi connectivity index (χ4n) is 1.06. The summed E-state index contributed by atoms with van der Waals surface area (Å²) < 4.78 is 15.3. The number of hydrogen-bond acceptors (Lipinski definition) is 6. The maximum Gasteiger partial charge on any atom is 0.296 e. The lowest BCUT2D eigenvalue weighted by Crippen LogP contribution is -2.08. The van der Waals surface area contributed by atoms with Gasteiger partial charge < -0.3 is 19.3 Å². The van der Waals surface area contributed by atoms with Crippen molar-refractivity contribution >= 4 is 18.2 Å². The van der Waals surface area contributed by atoms with Crippen molar-refractivity contribution in [1.82, 2.24) is 15.5 Å². The van der Waals surface area contributed by atoms with E-state index in [2.05, 4.69) is 15.5 Å². The standard InChI is InChI=1S/C8H11N3O3.ClH/c1-9-4-7-10-8(14-11-7)6-5-12-2-3-13-6;/h5,9H,2-4H2,1H3;1H. The molecule has 1 aromatic rings. The molecule has 1 N–H and O–H groups in total. The molecular weight excluding hydrogens is 222 g/mol. The largest absolute Gasteiger partial charge is 0.494 e. The van der Waals surface area contributed by atoms with Gasteiger partial charge in [-0.25, -0.2) is 0 Å². The highest BCUT2D eigenvalue weighted by atomic mass is 35.5. The average Bonchev–Trinajstić information content (AvgIpc) is 2.68. The molecule has 1 aliphatic heterocycles. The van der Waals surface area contributed by atoms with Crippen molar-refractivity contribution in [3.63, 3.8) is 0 Å². The van der Waals surface area contributed by atoms with Crippen LogP contribution in [0.1, 0.15) is 11.7 Å². The van der Waals surface area contributed by atoms with Crippen LogP contribution < -0.4 is 5.32 Å². The van der Waals surface area contributed by atoms with Crippen LogP contribution in [0.3, 0.4) is 0 Å². The van der Waals surface area contributed by atoms with Gasteiger partial charge in [0.15, 0.2) is 5.82 Å². The topological polar surface area (TPSA) is 69.4 Å². The van der Waals surface area contributed by atoms with Crippen LogP contribution in [0.2, 0.25) is 0 Å². The fraction of sp³-hybridized carbons (Fsp3) is 0.500. The van der Waals surface area contributed by atoms with Crippen molar-refractivity contribution in [3.05, 3.63) is 18.0 Å². The number of rotatable bonds is 3. The molecule has 6 nitrogen and oxygen atoms in total. The Hall–Kier alpha value is -1.27. The van der Waals surface area contributed by atoms with Gasteiger partial charge in [0.25, 0.3) is 5.89 Å². The molecule has 84 valence electrons. The molecule has 0 amide bonds. The Morgan fingerprint density at radius 3 is 3.00 bits per heavy atom. The third kappa shape index (κ3) is 2.84. The number of aromatic nitrogens is 2. The first-order valence-electron chi connectivity index (χ1n) is 4.32. The zero-order valence-electron chi connectivity index (χ0n) is 8.23. The van der Waals surface area contributed by atoms with E-state index in [9.17, 15) is 0 Å². The molecule has 0 saturated carbocycles. The van der Waals surface area contributed by atoms with Gasteiger partial charge in [0, 0.05) is 0 Å². The third-order valence-corrected chi connectivity index (χ3v) is 1.66. The summed E-state index contributed by atoms with van der Waals surface area (Å²) in [5, 5.41) is 6.68. The lowest BCUT2D eigenvalue weighted by atomic mass is 10.5. The van der Waals surface area contributed by atoms with Crippen molar-refractivity contribution < 1.29 is 14.0 Å². The van der Waals surface area contributed by atoms with Crippen LogP contribution in [0.15, 0.2) is 10.8 Å². The van der Waals surface area contributed by atoms with Crippen LogP contribution in [0.5, 0.6) is 0 Å². The normalized spacial score (nSPS) is 14.6. The minimum Gasteiger partial charge on any atom is -0.494 e. The number of ether oxygens (including phenoxy) is 2. The zero-order valence-corrected chi connectivity index (χ0v) is 9.04. The number of nitrogens with zero attached hydrogens (tertiary/aromatic N) is 2. The van der Waals surface area contributed by atoms with Gasteiger partial charge >= 0.3 is 0 Å². The van der Waals surface area contributed by atoms with E-state index >= 15 is 0 Å². The Balaban J connectivity index is 0.00000112. The molecule has 2 heterocycles. The summed E-state index contributed by atoms with van der Waals surface area (Å²) in [5.74, 6) is 1.44. The van der Waals surface area contributed by atoms with Gasteiger partial charge in [0.2, 0.25) is 5.76 Å². The molecule has 0 saturated heterocycles. The van der Waals surface area contributed by atoms with E-state index < -0.39 is 0 Å². The highest BCUT2D eigenvalue weighted by molar-refractivity contribution is 5.85. The minimum absolute atomic E-state index is 0. The van der Waals surface area contributed by atoms with E-state index in [1.165, 1.54) is 6.26 Å². The van der Waals surface area contributed by atoms with E-state index in [0.29, 0.717) is 37.2 Å². The van der Waals surface area contributed by atoms with Gasteiger partial charge in [0.05, 0.1) is 6.54 Å². The molecule has 2 rings (SSSR count). The Kier molecular flexibility index (Phi) is 4.38. The highest BCUT2D eigenvalue weighted by Gasteiger charge is 2.15. The zero-order chi connectivity index (χ0) is 9.80. The van der Waals surface area contributed by atoms with Crippen molar-refractivity contribution in [1.29, 1.82) is 0 Å². The molecule has 0 radical (unpaired) electrons. The summed E-state index contributed by atoms with van der Waals surface area (Å²) in [4.78, 5) is 4.11. The highest BCUT2D eigenvalue weighted by Crippen LogP contribution is 2.16. The monoisotopic (exact) mass is 233 g/mol. The molecule has 0 spiro atoms. The predicted molar refractivity (Wildman–Crippen MR) is 54.2 cm³/mol. The van der Waals surface area contributed by atoms with Crippen molar-refractivity contribution in [3.8, 4) is 0 Å². The summed E-state index contributed by atoms with van der Waals surface area (Å²) in [6.07, 6.45) is 1.49. The summed E-state index contributed by atoms with van der Waals surface area (Å²) in [5.41, 5.74) is 0. The van der Waals surface area contributed by atoms with Gasteiger partial charge in [-0.1, -0.05) is 5.16 Å². The van der Waals surface area contributed by atoms with Gasteiger partial charge in [-0.3, -0.25) is 0 Å². The maximum absolute atomic E-state index is 5.27. The summed E-state index contributed by atoms with van der Waals surface area (Å²) in [7, 11) is 1.82. The van der Waals surface area contributed by atoms with E-state index in [0.717, 1.165) is 0 Å². The molecular formula is C8H12ClN3O3. The Labute approximate surface area is 93.0 Å². The Bertz CT molecular complexity index is 340. The predicted octanol–water partition coefficient (Wildman–Crippen LogP) is 0.556. The second kappa shape index (κ2) is 5.57. The second-order valence-electron chi connectivity index (χ2n) is 2.75. The average molecular weight is 234 g/mol. The Morgan fingerprint density at radius 2 is 2.33 bits per heavy atom. The second-order valence-corrected chi connectivity index (χ2v) is 2.75. The van der Waals surface area contributed by atoms with Gasteiger partial charge in [-0.2, -0.15) is 4.98 Å². The molecule has 0 fully saturated rings. The molecule has 7 heteroatoms. The number of nitrogens with one attached hydrogen (secondary N) is 1. The fourth-order valence-corrected chi connectivity index (χ4v) is 1.06. The van der Waals surface area contributed by atoms with E-state index in [1.54, 1.807) is 0 Å². The van der Waals surface area contributed by atoms with Gasteiger partial charge in [-0.15, -0.1) is 12.4 Å². The van der Waals surface area contributed by atoms with E-state index in [1.807, 2.05) is 7.05 Å². The van der Waals surface area contributed by atoms with E-state index in [4.69, 9.17) is 14.0 Å². The number of hydrogen-bond donors (Lipinski definition) is 1. The Morgan fingerprint density at radius 1 is 1.47 bits per heavy atom. The van der Waals surface area contributed by atoms with Crippen LogP contribution in [-0.2, 0) is 16.0 Å². The molecule has 0 atom stereocenters. The maximum atomic E-state index is 5.27. The first-order valence-corrected chi connectivity index (χ1v) is 4.32. The molecule has 15 heavy (non-hydrogen) atoms. The van der Waals surface area contributed by atoms with Crippen LogP contribution in [0.4, 0.5) is 0 Å². The first-order chi connectivity index (χ1) is 6.90. The molecule has 0 aliphatic carbocycles. The van der Waals surface area contributed by atoms with Crippen molar-refractivity contribution in [2.75, 3.05) is 20.3 Å². The molecule has 0 unspecified atom stereocenters. The number of halogens is 1. The molecule has 1 aliphatic rings. The van der Waals surface area contributed by atoms with E-state index in [-0.39, 0.29) is 12.4 Å². The molecule has 0 aromatic carbocycles. The van der Waals surface area contributed by atoms with Crippen LogP contribution in [0, 0.1) is 0 Å². The van der Waals surface area contributed by atoms with Gasteiger partial charge in [-0.05, 0) is 7.05 Å². The van der Waals surface area contributed by atoms with Crippen LogP contribution >= 0.6 is 12.4 Å².